The van der Waals surface area contributed by atoms with Crippen molar-refractivity contribution >= 4 is 27.3 Å². The van der Waals surface area contributed by atoms with E-state index in [1.54, 1.807) is 74.6 Å². The van der Waals surface area contributed by atoms with Crippen molar-refractivity contribution in [2.24, 2.45) is 0 Å². The van der Waals surface area contributed by atoms with Crippen LogP contribution >= 0.6 is 0 Å². The Balaban J connectivity index is 2.04. The highest BCUT2D eigenvalue weighted by molar-refractivity contribution is 7.93. The van der Waals surface area contributed by atoms with Crippen molar-refractivity contribution in [1.82, 2.24) is 0 Å². The van der Waals surface area contributed by atoms with Crippen LogP contribution in [0.2, 0.25) is 0 Å². The summed E-state index contributed by atoms with van der Waals surface area (Å²) in [5.74, 6) is -0.134. The fraction of sp³-hybridized carbons (Fsp3) is 0.174. The number of nitrogens with zero attached hydrogens (tertiary/aromatic N) is 2. The van der Waals surface area contributed by atoms with E-state index in [9.17, 15) is 13.2 Å². The van der Waals surface area contributed by atoms with Crippen LogP contribution in [0.15, 0.2) is 83.8 Å². The van der Waals surface area contributed by atoms with Crippen molar-refractivity contribution < 1.29 is 17.9 Å². The number of sulfonamides is 1. The van der Waals surface area contributed by atoms with Crippen LogP contribution < -0.4 is 13.9 Å². The highest BCUT2D eigenvalue weighted by Gasteiger charge is 2.31. The Hall–Kier alpha value is -3.32. The van der Waals surface area contributed by atoms with E-state index in [4.69, 9.17) is 4.74 Å². The summed E-state index contributed by atoms with van der Waals surface area (Å²) in [6, 6.07) is 22.6. The Morgan fingerprint density at radius 3 is 2.03 bits per heavy atom. The van der Waals surface area contributed by atoms with Gasteiger partial charge in [0.1, 0.15) is 17.2 Å². The number of benzene rings is 3. The molecule has 7 heteroatoms. The summed E-state index contributed by atoms with van der Waals surface area (Å²) in [4.78, 5) is 14.5. The maximum Gasteiger partial charge on any atom is 0.268 e. The van der Waals surface area contributed by atoms with Crippen LogP contribution in [0.3, 0.4) is 0 Å². The smallest absolute Gasteiger partial charge is 0.268 e. The van der Waals surface area contributed by atoms with E-state index < -0.39 is 10.0 Å². The van der Waals surface area contributed by atoms with Crippen LogP contribution in [0.1, 0.15) is 5.56 Å². The molecular formula is C23H24N2O4S. The van der Waals surface area contributed by atoms with Crippen molar-refractivity contribution in [3.05, 3.63) is 84.4 Å². The number of ether oxygens (including phenoxy) is 1. The molecule has 156 valence electrons. The Kier molecular flexibility index (Phi) is 6.42. The number of carbonyl (C=O) groups is 1. The molecule has 0 aromatic heterocycles. The van der Waals surface area contributed by atoms with Gasteiger partial charge >= 0.3 is 0 Å². The van der Waals surface area contributed by atoms with Crippen LogP contribution in [-0.2, 0) is 14.8 Å². The number of hydrogen-bond donors (Lipinski definition) is 0. The molecule has 0 radical (unpaired) electrons. The summed E-state index contributed by atoms with van der Waals surface area (Å²) in [7, 11) is -1.02. The topological polar surface area (TPSA) is 66.9 Å². The van der Waals surface area contributed by atoms with Gasteiger partial charge in [-0.25, -0.2) is 8.42 Å². The third kappa shape index (κ3) is 4.46. The molecule has 0 saturated carbocycles. The maximum absolute atomic E-state index is 13.6. The lowest BCUT2D eigenvalue weighted by Gasteiger charge is -2.27. The third-order valence-corrected chi connectivity index (χ3v) is 6.52. The molecule has 0 unspecified atom stereocenters. The van der Waals surface area contributed by atoms with E-state index >= 15 is 0 Å². The molecule has 0 fully saturated rings. The molecule has 6 nitrogen and oxygen atoms in total. The minimum atomic E-state index is -4.07. The molecule has 3 aromatic rings. The molecule has 3 aromatic carbocycles. The first kappa shape index (κ1) is 21.4. The first-order chi connectivity index (χ1) is 14.3. The fourth-order valence-corrected chi connectivity index (χ4v) is 4.70. The number of likely N-dealkylation sites (N-methyl/N-ethyl adjacent to an activating group) is 1. The molecule has 30 heavy (non-hydrogen) atoms. The van der Waals surface area contributed by atoms with Crippen LogP contribution in [0, 0.1) is 6.92 Å². The van der Waals surface area contributed by atoms with E-state index in [1.165, 1.54) is 12.0 Å². The monoisotopic (exact) mass is 424 g/mol. The van der Waals surface area contributed by atoms with Gasteiger partial charge in [-0.15, -0.1) is 0 Å². The number of anilines is 2. The van der Waals surface area contributed by atoms with Crippen LogP contribution in [0.25, 0.3) is 0 Å². The highest BCUT2D eigenvalue weighted by atomic mass is 32.2. The van der Waals surface area contributed by atoms with Gasteiger partial charge in [-0.2, -0.15) is 0 Å². The number of aryl methyl sites for hydroxylation is 1. The van der Waals surface area contributed by atoms with Gasteiger partial charge in [0.15, 0.2) is 0 Å². The predicted molar refractivity (Wildman–Crippen MR) is 119 cm³/mol. The van der Waals surface area contributed by atoms with E-state index in [0.717, 1.165) is 9.87 Å². The largest absolute Gasteiger partial charge is 0.495 e. The first-order valence-electron chi connectivity index (χ1n) is 9.38. The van der Waals surface area contributed by atoms with E-state index in [1.807, 2.05) is 18.2 Å². The summed E-state index contributed by atoms with van der Waals surface area (Å²) < 4.78 is 33.7. The second kappa shape index (κ2) is 9.00. The number of amides is 1. The van der Waals surface area contributed by atoms with E-state index in [-0.39, 0.29) is 23.1 Å². The van der Waals surface area contributed by atoms with Crippen molar-refractivity contribution in [2.75, 3.05) is 29.9 Å². The molecular weight excluding hydrogens is 400 g/mol. The molecule has 0 aliphatic heterocycles. The zero-order valence-electron chi connectivity index (χ0n) is 17.1. The summed E-state index contributed by atoms with van der Waals surface area (Å²) in [6.45, 7) is 1.45. The zero-order chi connectivity index (χ0) is 21.7. The molecule has 1 amide bonds. The second-order valence-corrected chi connectivity index (χ2v) is 8.62. The molecule has 0 N–H and O–H groups in total. The predicted octanol–water partition coefficient (Wildman–Crippen LogP) is 3.86. The van der Waals surface area contributed by atoms with Crippen molar-refractivity contribution in [2.45, 2.75) is 11.8 Å². The lowest BCUT2D eigenvalue weighted by atomic mass is 10.2. The van der Waals surface area contributed by atoms with Gasteiger partial charge in [0.2, 0.25) is 5.91 Å². The molecule has 0 aliphatic carbocycles. The summed E-state index contributed by atoms with van der Waals surface area (Å²) in [5.41, 5.74) is 1.85. The molecule has 0 heterocycles. The molecule has 3 rings (SSSR count). The minimum Gasteiger partial charge on any atom is -0.495 e. The van der Waals surface area contributed by atoms with Gasteiger partial charge < -0.3 is 9.64 Å². The van der Waals surface area contributed by atoms with Gasteiger partial charge in [-0.05, 0) is 48.9 Å². The Labute approximate surface area is 177 Å². The Morgan fingerprint density at radius 2 is 1.47 bits per heavy atom. The minimum absolute atomic E-state index is 0.0176. The molecule has 0 atom stereocenters. The number of para-hydroxylation sites is 2. The quantitative estimate of drug-likeness (QED) is 0.578. The van der Waals surface area contributed by atoms with Crippen LogP contribution in [0.5, 0.6) is 5.75 Å². The average Bonchev–Trinajstić information content (AvgIpc) is 2.77. The van der Waals surface area contributed by atoms with Gasteiger partial charge in [-0.3, -0.25) is 9.10 Å². The number of hydrogen-bond acceptors (Lipinski definition) is 4. The van der Waals surface area contributed by atoms with Gasteiger partial charge in [0.05, 0.1) is 12.8 Å². The summed E-state index contributed by atoms with van der Waals surface area (Å²) in [6.07, 6.45) is 0. The third-order valence-electron chi connectivity index (χ3n) is 4.73. The second-order valence-electron chi connectivity index (χ2n) is 6.79. The van der Waals surface area contributed by atoms with Crippen LogP contribution in [0.4, 0.5) is 11.4 Å². The van der Waals surface area contributed by atoms with Crippen LogP contribution in [-0.4, -0.2) is 35.0 Å². The zero-order valence-corrected chi connectivity index (χ0v) is 18.0. The van der Waals surface area contributed by atoms with E-state index in [0.29, 0.717) is 11.4 Å². The molecule has 0 spiro atoms. The number of carbonyl (C=O) groups excluding carboxylic acids is 1. The number of rotatable bonds is 7. The highest BCUT2D eigenvalue weighted by Crippen LogP contribution is 2.31. The summed E-state index contributed by atoms with van der Waals surface area (Å²) in [5, 5.41) is 0. The summed E-state index contributed by atoms with van der Waals surface area (Å²) >= 11 is 0. The number of methoxy groups -OCH3 is 1. The standard InChI is InChI=1S/C23H24N2O4S/c1-18-14-15-21(29-3)22(16-18)30(27,28)25(20-12-8-5-9-13-20)17-23(26)24(2)19-10-6-4-7-11-19/h4-16H,17H2,1-3H3. The Morgan fingerprint density at radius 1 is 0.900 bits per heavy atom. The Bertz CT molecular complexity index is 1120. The van der Waals surface area contributed by atoms with Crippen molar-refractivity contribution in [3.8, 4) is 5.75 Å². The SMILES string of the molecule is COc1ccc(C)cc1S(=O)(=O)N(CC(=O)N(C)c1ccccc1)c1ccccc1. The maximum atomic E-state index is 13.6. The first-order valence-corrected chi connectivity index (χ1v) is 10.8. The lowest BCUT2D eigenvalue weighted by molar-refractivity contribution is -0.116. The van der Waals surface area contributed by atoms with Gasteiger partial charge in [0.25, 0.3) is 10.0 Å². The molecule has 0 saturated heterocycles. The lowest BCUT2D eigenvalue weighted by Crippen LogP contribution is -2.41. The molecule has 0 aliphatic rings. The van der Waals surface area contributed by atoms with Gasteiger partial charge in [0, 0.05) is 12.7 Å². The van der Waals surface area contributed by atoms with E-state index in [2.05, 4.69) is 0 Å². The van der Waals surface area contributed by atoms with Gasteiger partial charge in [-0.1, -0.05) is 42.5 Å². The average molecular weight is 425 g/mol. The van der Waals surface area contributed by atoms with Crippen molar-refractivity contribution in [3.63, 3.8) is 0 Å². The normalized spacial score (nSPS) is 11.0. The molecule has 0 bridgehead atoms. The fourth-order valence-electron chi connectivity index (χ4n) is 3.04. The van der Waals surface area contributed by atoms with Crippen molar-refractivity contribution in [1.29, 1.82) is 0 Å².